The van der Waals surface area contributed by atoms with E-state index in [0.29, 0.717) is 38.4 Å². The molecule has 1 amide bonds. The summed E-state index contributed by atoms with van der Waals surface area (Å²) in [6, 6.07) is 2.97. The Morgan fingerprint density at radius 2 is 2.00 bits per heavy atom. The summed E-state index contributed by atoms with van der Waals surface area (Å²) in [5.41, 5.74) is -0.475. The molecule has 29 heavy (non-hydrogen) atoms. The van der Waals surface area contributed by atoms with Gasteiger partial charge in [0.1, 0.15) is 11.8 Å². The van der Waals surface area contributed by atoms with E-state index >= 15 is 0 Å². The fourth-order valence-electron chi connectivity index (χ4n) is 3.74. The Bertz CT molecular complexity index is 869. The molecule has 0 N–H and O–H groups in total. The zero-order chi connectivity index (χ0) is 20.8. The molecule has 0 radical (unpaired) electrons. The highest BCUT2D eigenvalue weighted by atomic mass is 79.9. The smallest absolute Gasteiger partial charge is 0.436 e. The number of halogens is 4. The number of amides is 1. The molecule has 1 atom stereocenters. The molecule has 2 aromatic heterocycles. The molecule has 2 aromatic rings. The molecule has 1 aliphatic heterocycles. The second-order valence-electron chi connectivity index (χ2n) is 7.62. The first-order chi connectivity index (χ1) is 13.8. The molecule has 1 unspecified atom stereocenters. The molecule has 1 saturated carbocycles. The predicted octanol–water partition coefficient (Wildman–Crippen LogP) is 4.04. The van der Waals surface area contributed by atoms with Crippen molar-refractivity contribution in [2.75, 3.05) is 26.2 Å². The highest BCUT2D eigenvalue weighted by molar-refractivity contribution is 9.10. The number of piperazine rings is 1. The van der Waals surface area contributed by atoms with Crippen LogP contribution in [0.15, 0.2) is 27.3 Å². The maximum absolute atomic E-state index is 13.3. The highest BCUT2D eigenvalue weighted by Gasteiger charge is 2.43. The zero-order valence-corrected chi connectivity index (χ0v) is 17.5. The molecule has 1 saturated heterocycles. The van der Waals surface area contributed by atoms with E-state index in [2.05, 4.69) is 25.9 Å². The van der Waals surface area contributed by atoms with E-state index in [1.165, 1.54) is 4.68 Å². The monoisotopic (exact) mass is 474 g/mol. The van der Waals surface area contributed by atoms with Gasteiger partial charge in [-0.3, -0.25) is 14.4 Å². The average Bonchev–Trinajstić information content (AvgIpc) is 3.25. The molecule has 2 fully saturated rings. The minimum Gasteiger partial charge on any atom is -0.468 e. The summed E-state index contributed by atoms with van der Waals surface area (Å²) in [7, 11) is 0. The van der Waals surface area contributed by atoms with Gasteiger partial charge >= 0.3 is 6.18 Å². The Kier molecular flexibility index (Phi) is 5.50. The van der Waals surface area contributed by atoms with Gasteiger partial charge in [0, 0.05) is 32.1 Å². The normalized spacial score (nSPS) is 19.6. The van der Waals surface area contributed by atoms with Crippen LogP contribution in [0.4, 0.5) is 13.2 Å². The number of hydrogen-bond acceptors (Lipinski definition) is 4. The topological polar surface area (TPSA) is 54.5 Å². The number of nitrogens with zero attached hydrogens (tertiary/aromatic N) is 4. The summed E-state index contributed by atoms with van der Waals surface area (Å²) >= 11 is 3.08. The van der Waals surface area contributed by atoms with Crippen LogP contribution >= 0.6 is 15.9 Å². The lowest BCUT2D eigenvalue weighted by molar-refractivity contribution is -0.143. The van der Waals surface area contributed by atoms with E-state index in [9.17, 15) is 18.0 Å². The summed E-state index contributed by atoms with van der Waals surface area (Å²) in [5, 5.41) is 3.80. The van der Waals surface area contributed by atoms with Crippen LogP contribution in [0.5, 0.6) is 0 Å². The van der Waals surface area contributed by atoms with Crippen molar-refractivity contribution in [3.63, 3.8) is 0 Å². The van der Waals surface area contributed by atoms with Crippen molar-refractivity contribution in [2.45, 2.75) is 44.4 Å². The van der Waals surface area contributed by atoms with Crippen LogP contribution in [-0.4, -0.2) is 51.7 Å². The average molecular weight is 475 g/mol. The SMILES string of the molecule is CC(C(=O)N1CCN(Cc2ccco2)CC1)n1nc(C(F)(F)F)c(Br)c1C1CC1. The van der Waals surface area contributed by atoms with Gasteiger partial charge in [0.25, 0.3) is 0 Å². The van der Waals surface area contributed by atoms with Crippen molar-refractivity contribution in [3.05, 3.63) is 40.0 Å². The van der Waals surface area contributed by atoms with Crippen LogP contribution < -0.4 is 0 Å². The summed E-state index contributed by atoms with van der Waals surface area (Å²) < 4.78 is 46.6. The van der Waals surface area contributed by atoms with Gasteiger partial charge in [-0.2, -0.15) is 18.3 Å². The van der Waals surface area contributed by atoms with Crippen molar-refractivity contribution >= 4 is 21.8 Å². The van der Waals surface area contributed by atoms with E-state index in [1.807, 2.05) is 12.1 Å². The second-order valence-corrected chi connectivity index (χ2v) is 8.41. The first kappa shape index (κ1) is 20.5. The van der Waals surface area contributed by atoms with Crippen molar-refractivity contribution < 1.29 is 22.4 Å². The molecule has 6 nitrogen and oxygen atoms in total. The van der Waals surface area contributed by atoms with Gasteiger partial charge in [0.05, 0.1) is 23.0 Å². The van der Waals surface area contributed by atoms with E-state index in [0.717, 1.165) is 18.6 Å². The Morgan fingerprint density at radius 1 is 1.31 bits per heavy atom. The third kappa shape index (κ3) is 4.23. The number of hydrogen-bond donors (Lipinski definition) is 0. The van der Waals surface area contributed by atoms with Crippen LogP contribution in [-0.2, 0) is 17.5 Å². The molecule has 158 valence electrons. The van der Waals surface area contributed by atoms with Gasteiger partial charge in [0.15, 0.2) is 5.69 Å². The van der Waals surface area contributed by atoms with E-state index in [4.69, 9.17) is 4.42 Å². The Balaban J connectivity index is 1.46. The van der Waals surface area contributed by atoms with Crippen LogP contribution in [0.2, 0.25) is 0 Å². The minimum atomic E-state index is -4.56. The standard InChI is InChI=1S/C19H22BrF3N4O2/c1-12(27-16(13-4-5-13)15(20)17(24-27)19(21,22)23)18(28)26-8-6-25(7-9-26)11-14-3-2-10-29-14/h2-3,10,12-13H,4-9,11H2,1H3. The minimum absolute atomic E-state index is 0.0216. The van der Waals surface area contributed by atoms with Crippen molar-refractivity contribution in [2.24, 2.45) is 0 Å². The van der Waals surface area contributed by atoms with Gasteiger partial charge in [-0.05, 0) is 47.8 Å². The first-order valence-corrected chi connectivity index (χ1v) is 10.4. The first-order valence-electron chi connectivity index (χ1n) is 9.64. The third-order valence-corrected chi connectivity index (χ3v) is 6.27. The molecular formula is C19H22BrF3N4O2. The Hall–Kier alpha value is -1.81. The van der Waals surface area contributed by atoms with E-state index in [1.54, 1.807) is 18.1 Å². The van der Waals surface area contributed by atoms with Crippen LogP contribution in [0.25, 0.3) is 0 Å². The fourth-order valence-corrected chi connectivity index (χ4v) is 4.55. The van der Waals surface area contributed by atoms with Gasteiger partial charge in [-0.1, -0.05) is 0 Å². The molecule has 4 rings (SSSR count). The number of rotatable bonds is 5. The lowest BCUT2D eigenvalue weighted by atomic mass is 10.2. The molecule has 0 aromatic carbocycles. The summed E-state index contributed by atoms with van der Waals surface area (Å²) in [6.07, 6.45) is -1.30. The number of carbonyl (C=O) groups is 1. The Morgan fingerprint density at radius 3 is 2.55 bits per heavy atom. The highest BCUT2D eigenvalue weighted by Crippen LogP contribution is 2.47. The lowest BCUT2D eigenvalue weighted by Crippen LogP contribution is -2.50. The molecule has 0 bridgehead atoms. The molecule has 10 heteroatoms. The quantitative estimate of drug-likeness (QED) is 0.656. The number of alkyl halides is 3. The van der Waals surface area contributed by atoms with Crippen LogP contribution in [0.1, 0.15) is 48.9 Å². The maximum atomic E-state index is 13.3. The summed E-state index contributed by atoms with van der Waals surface area (Å²) in [6.45, 7) is 4.73. The van der Waals surface area contributed by atoms with Crippen molar-refractivity contribution in [1.82, 2.24) is 19.6 Å². The Labute approximate surface area is 174 Å². The van der Waals surface area contributed by atoms with Gasteiger partial charge in [-0.25, -0.2) is 0 Å². The molecule has 0 spiro atoms. The van der Waals surface area contributed by atoms with E-state index in [-0.39, 0.29) is 16.3 Å². The maximum Gasteiger partial charge on any atom is 0.436 e. The van der Waals surface area contributed by atoms with Gasteiger partial charge < -0.3 is 9.32 Å². The third-order valence-electron chi connectivity index (χ3n) is 5.49. The van der Waals surface area contributed by atoms with Crippen LogP contribution in [0.3, 0.4) is 0 Å². The van der Waals surface area contributed by atoms with Crippen molar-refractivity contribution in [3.8, 4) is 0 Å². The number of aromatic nitrogens is 2. The summed E-state index contributed by atoms with van der Waals surface area (Å²) in [4.78, 5) is 16.9. The molecular weight excluding hydrogens is 453 g/mol. The zero-order valence-electron chi connectivity index (χ0n) is 16.0. The largest absolute Gasteiger partial charge is 0.468 e. The lowest BCUT2D eigenvalue weighted by Gasteiger charge is -2.35. The fraction of sp³-hybridized carbons (Fsp3) is 0.579. The molecule has 2 aliphatic rings. The number of carbonyl (C=O) groups excluding carboxylic acids is 1. The van der Waals surface area contributed by atoms with Crippen LogP contribution in [0, 0.1) is 0 Å². The van der Waals surface area contributed by atoms with Gasteiger partial charge in [0.2, 0.25) is 5.91 Å². The molecule has 3 heterocycles. The summed E-state index contributed by atoms with van der Waals surface area (Å²) in [5.74, 6) is 0.690. The van der Waals surface area contributed by atoms with Crippen molar-refractivity contribution in [1.29, 1.82) is 0 Å². The number of furan rings is 1. The second kappa shape index (κ2) is 7.79. The predicted molar refractivity (Wildman–Crippen MR) is 102 cm³/mol. The van der Waals surface area contributed by atoms with E-state index < -0.39 is 17.9 Å². The molecule has 1 aliphatic carbocycles. The van der Waals surface area contributed by atoms with Gasteiger partial charge in [-0.15, -0.1) is 0 Å².